The number of aryl methyl sites for hydroxylation is 2. The molecule has 0 saturated heterocycles. The second kappa shape index (κ2) is 10.5. The molecule has 0 saturated carbocycles. The monoisotopic (exact) mass is 498 g/mol. The van der Waals surface area contributed by atoms with E-state index in [0.717, 1.165) is 75.1 Å². The number of fused-ring (bicyclic) bond motifs is 1. The molecule has 0 aliphatic rings. The number of rotatable bonds is 9. The average Bonchev–Trinajstić information content (AvgIpc) is 3.49. The van der Waals surface area contributed by atoms with Crippen molar-refractivity contribution in [3.05, 3.63) is 70.5 Å². The maximum Gasteiger partial charge on any atom is 0.162 e. The van der Waals surface area contributed by atoms with Gasteiger partial charge in [0.15, 0.2) is 5.82 Å². The molecule has 0 atom stereocenters. The van der Waals surface area contributed by atoms with Gasteiger partial charge in [-0.1, -0.05) is 18.2 Å². The van der Waals surface area contributed by atoms with Crippen LogP contribution < -0.4 is 16.0 Å². The van der Waals surface area contributed by atoms with Crippen LogP contribution in [0.1, 0.15) is 21.7 Å². The number of hydrogen-bond acceptors (Lipinski definition) is 8. The van der Waals surface area contributed by atoms with Crippen molar-refractivity contribution in [3.8, 4) is 22.6 Å². The fourth-order valence-corrected chi connectivity index (χ4v) is 4.94. The molecule has 0 bridgehead atoms. The molecule has 1 aromatic carbocycles. The van der Waals surface area contributed by atoms with Crippen LogP contribution in [0.15, 0.2) is 48.8 Å². The summed E-state index contributed by atoms with van der Waals surface area (Å²) in [4.78, 5) is 18.9. The van der Waals surface area contributed by atoms with Crippen molar-refractivity contribution in [1.82, 2.24) is 34.9 Å². The number of nitrogens with zero attached hydrogens (tertiary/aromatic N) is 4. The van der Waals surface area contributed by atoms with Gasteiger partial charge in [0, 0.05) is 52.8 Å². The van der Waals surface area contributed by atoms with Gasteiger partial charge in [-0.3, -0.25) is 0 Å². The molecule has 36 heavy (non-hydrogen) atoms. The lowest BCUT2D eigenvalue weighted by Crippen LogP contribution is -2.24. The summed E-state index contributed by atoms with van der Waals surface area (Å²) in [6.45, 7) is 8.81. The van der Waals surface area contributed by atoms with Gasteiger partial charge in [0.1, 0.15) is 11.5 Å². The first-order valence-electron chi connectivity index (χ1n) is 12.0. The Labute approximate surface area is 214 Å². The standard InChI is InChI=1S/C27H30N8S/c1-16-24(23-17(2)35-36-18(23)3)33-27(20-7-5-6-19(12-20)14-29-11-10-28-4)34-25(16)32-22-13-21-8-9-30-26(21)31-15-22/h5-9,12-13,15,28-29H,10-11,14H2,1-4H3,(H,30,31)(H,32,33,34). The highest BCUT2D eigenvalue weighted by Crippen LogP contribution is 2.35. The van der Waals surface area contributed by atoms with E-state index in [2.05, 4.69) is 74.5 Å². The molecule has 0 aliphatic heterocycles. The highest BCUT2D eigenvalue weighted by atomic mass is 32.1. The first kappa shape index (κ1) is 24.1. The molecule has 0 spiro atoms. The number of hydrogen-bond donors (Lipinski definition) is 4. The molecule has 9 heteroatoms. The van der Waals surface area contributed by atoms with Gasteiger partial charge < -0.3 is 20.9 Å². The van der Waals surface area contributed by atoms with Gasteiger partial charge in [0.05, 0.1) is 23.3 Å². The number of aromatic amines is 1. The Hall–Kier alpha value is -3.66. The highest BCUT2D eigenvalue weighted by molar-refractivity contribution is 7.06. The van der Waals surface area contributed by atoms with Crippen LogP contribution in [0.3, 0.4) is 0 Å². The van der Waals surface area contributed by atoms with Crippen molar-refractivity contribution in [2.45, 2.75) is 27.3 Å². The number of likely N-dealkylation sites (N-methyl/N-ethyl adjacent to an activating group) is 1. The minimum atomic E-state index is 0.677. The number of nitrogens with one attached hydrogen (secondary N) is 4. The second-order valence-corrected chi connectivity index (χ2v) is 9.79. The molecule has 0 radical (unpaired) electrons. The van der Waals surface area contributed by atoms with Crippen LogP contribution >= 0.6 is 11.5 Å². The average molecular weight is 499 g/mol. The van der Waals surface area contributed by atoms with Gasteiger partial charge >= 0.3 is 0 Å². The fraction of sp³-hybridized carbons (Fsp3) is 0.259. The number of anilines is 2. The van der Waals surface area contributed by atoms with Crippen LogP contribution in [-0.2, 0) is 6.54 Å². The van der Waals surface area contributed by atoms with Crippen molar-refractivity contribution in [2.75, 3.05) is 25.5 Å². The minimum absolute atomic E-state index is 0.677. The molecule has 5 rings (SSSR count). The molecule has 8 nitrogen and oxygen atoms in total. The van der Waals surface area contributed by atoms with Crippen molar-refractivity contribution < 1.29 is 0 Å². The molecule has 184 valence electrons. The summed E-state index contributed by atoms with van der Waals surface area (Å²) in [6, 6.07) is 12.5. The number of aromatic nitrogens is 5. The molecular formula is C27H30N8S. The van der Waals surface area contributed by atoms with Crippen LogP contribution in [0, 0.1) is 20.8 Å². The lowest BCUT2D eigenvalue weighted by molar-refractivity contribution is 0.651. The van der Waals surface area contributed by atoms with E-state index >= 15 is 0 Å². The minimum Gasteiger partial charge on any atom is -0.346 e. The van der Waals surface area contributed by atoms with E-state index in [1.54, 1.807) is 0 Å². The third-order valence-corrected chi connectivity index (χ3v) is 6.99. The van der Waals surface area contributed by atoms with Crippen LogP contribution in [-0.4, -0.2) is 44.4 Å². The SMILES string of the molecule is CNCCNCc1cccc(-c2nc(Nc3cnc4[nH]ccc4c3)c(C)c(-c3c(C)nsc3C)n2)c1. The predicted octanol–water partition coefficient (Wildman–Crippen LogP) is 5.12. The van der Waals surface area contributed by atoms with Crippen LogP contribution in [0.4, 0.5) is 11.5 Å². The largest absolute Gasteiger partial charge is 0.346 e. The molecule has 0 aliphatic carbocycles. The summed E-state index contributed by atoms with van der Waals surface area (Å²) in [5, 5.41) is 11.2. The zero-order chi connectivity index (χ0) is 25.1. The molecule has 5 aromatic rings. The summed E-state index contributed by atoms with van der Waals surface area (Å²) < 4.78 is 4.57. The zero-order valence-corrected chi connectivity index (χ0v) is 21.8. The van der Waals surface area contributed by atoms with E-state index in [-0.39, 0.29) is 0 Å². The summed E-state index contributed by atoms with van der Waals surface area (Å²) in [5.74, 6) is 1.44. The molecule has 0 amide bonds. The number of H-pyrrole nitrogens is 1. The van der Waals surface area contributed by atoms with Gasteiger partial charge in [0.2, 0.25) is 0 Å². The van der Waals surface area contributed by atoms with Crippen molar-refractivity contribution in [1.29, 1.82) is 0 Å². The lowest BCUT2D eigenvalue weighted by Gasteiger charge is -2.15. The van der Waals surface area contributed by atoms with E-state index < -0.39 is 0 Å². The smallest absolute Gasteiger partial charge is 0.162 e. The topological polar surface area (TPSA) is 103 Å². The quantitative estimate of drug-likeness (QED) is 0.209. The molecule has 0 fully saturated rings. The Morgan fingerprint density at radius 1 is 1.03 bits per heavy atom. The summed E-state index contributed by atoms with van der Waals surface area (Å²) in [5.41, 5.74) is 7.84. The van der Waals surface area contributed by atoms with Crippen molar-refractivity contribution in [2.24, 2.45) is 0 Å². The van der Waals surface area contributed by atoms with E-state index in [1.807, 2.05) is 32.4 Å². The van der Waals surface area contributed by atoms with E-state index in [4.69, 9.17) is 9.97 Å². The maximum absolute atomic E-state index is 5.07. The summed E-state index contributed by atoms with van der Waals surface area (Å²) >= 11 is 1.51. The van der Waals surface area contributed by atoms with Gasteiger partial charge in [-0.25, -0.2) is 15.0 Å². The lowest BCUT2D eigenvalue weighted by atomic mass is 10.0. The van der Waals surface area contributed by atoms with Gasteiger partial charge in [-0.2, -0.15) is 4.37 Å². The van der Waals surface area contributed by atoms with Crippen molar-refractivity contribution in [3.63, 3.8) is 0 Å². The highest BCUT2D eigenvalue weighted by Gasteiger charge is 2.19. The van der Waals surface area contributed by atoms with Gasteiger partial charge in [0.25, 0.3) is 0 Å². The van der Waals surface area contributed by atoms with Gasteiger partial charge in [-0.05, 0) is 63.1 Å². The first-order valence-corrected chi connectivity index (χ1v) is 12.8. The number of pyridine rings is 1. The second-order valence-electron chi connectivity index (χ2n) is 8.81. The van der Waals surface area contributed by atoms with E-state index in [9.17, 15) is 0 Å². The van der Waals surface area contributed by atoms with E-state index in [1.165, 1.54) is 17.1 Å². The Morgan fingerprint density at radius 2 is 1.92 bits per heavy atom. The first-order chi connectivity index (χ1) is 17.5. The predicted molar refractivity (Wildman–Crippen MR) is 148 cm³/mol. The zero-order valence-electron chi connectivity index (χ0n) is 20.9. The van der Waals surface area contributed by atoms with Crippen molar-refractivity contribution >= 4 is 34.1 Å². The third kappa shape index (κ3) is 4.99. The molecular weight excluding hydrogens is 468 g/mol. The Kier molecular flexibility index (Phi) is 7.04. The normalized spacial score (nSPS) is 11.3. The Balaban J connectivity index is 1.57. The third-order valence-electron chi connectivity index (χ3n) is 6.14. The van der Waals surface area contributed by atoms with Crippen LogP contribution in [0.2, 0.25) is 0 Å². The van der Waals surface area contributed by atoms with Gasteiger partial charge in [-0.15, -0.1) is 0 Å². The molecule has 4 heterocycles. The summed E-state index contributed by atoms with van der Waals surface area (Å²) in [7, 11) is 1.96. The Bertz CT molecular complexity index is 1480. The van der Waals surface area contributed by atoms with Crippen LogP contribution in [0.5, 0.6) is 0 Å². The fourth-order valence-electron chi connectivity index (χ4n) is 4.24. The number of benzene rings is 1. The van der Waals surface area contributed by atoms with E-state index in [0.29, 0.717) is 5.82 Å². The van der Waals surface area contributed by atoms with Crippen LogP contribution in [0.25, 0.3) is 33.7 Å². The molecule has 4 N–H and O–H groups in total. The molecule has 4 aromatic heterocycles. The Morgan fingerprint density at radius 3 is 2.72 bits per heavy atom. The molecule has 0 unspecified atom stereocenters. The summed E-state index contributed by atoms with van der Waals surface area (Å²) in [6.07, 6.45) is 3.71. The maximum atomic E-state index is 5.07.